The minimum Gasteiger partial charge on any atom is -0.466 e. The number of amides is 1. The van der Waals surface area contributed by atoms with Crippen molar-refractivity contribution in [2.24, 2.45) is 13.0 Å². The molecule has 0 unspecified atom stereocenters. The number of benzene rings is 1. The maximum atomic E-state index is 13.5. The van der Waals surface area contributed by atoms with Gasteiger partial charge in [-0.15, -0.1) is 0 Å². The molecular weight excluding hydrogens is 423 g/mol. The predicted molar refractivity (Wildman–Crippen MR) is 122 cm³/mol. The first kappa shape index (κ1) is 22.9. The fourth-order valence-electron chi connectivity index (χ4n) is 4.78. The van der Waals surface area contributed by atoms with E-state index in [2.05, 4.69) is 10.1 Å². The number of carbonyl (C=O) groups excluding carboxylic acids is 2. The van der Waals surface area contributed by atoms with Crippen LogP contribution < -0.4 is 0 Å². The van der Waals surface area contributed by atoms with Crippen LogP contribution in [0.2, 0.25) is 0 Å². The van der Waals surface area contributed by atoms with E-state index in [0.717, 1.165) is 35.1 Å². The van der Waals surface area contributed by atoms with Gasteiger partial charge in [-0.1, -0.05) is 12.1 Å². The van der Waals surface area contributed by atoms with Crippen LogP contribution in [0.25, 0.3) is 11.0 Å². The summed E-state index contributed by atoms with van der Waals surface area (Å²) in [5.41, 5.74) is 3.08. The fourth-order valence-corrected chi connectivity index (χ4v) is 4.78. The van der Waals surface area contributed by atoms with E-state index in [4.69, 9.17) is 4.74 Å². The lowest BCUT2D eigenvalue weighted by molar-refractivity contribution is -0.144. The second-order valence-electron chi connectivity index (χ2n) is 8.60. The molecule has 0 aliphatic carbocycles. The highest BCUT2D eigenvalue weighted by atomic mass is 19.1. The van der Waals surface area contributed by atoms with E-state index >= 15 is 0 Å². The number of carbonyl (C=O) groups is 2. The lowest BCUT2D eigenvalue weighted by atomic mass is 9.78. The summed E-state index contributed by atoms with van der Waals surface area (Å²) in [5, 5.41) is 5.25. The Labute approximate surface area is 192 Å². The van der Waals surface area contributed by atoms with Crippen LogP contribution >= 0.6 is 0 Å². The molecule has 4 rings (SSSR count). The summed E-state index contributed by atoms with van der Waals surface area (Å²) in [4.78, 5) is 31.7. The Bertz CT molecular complexity index is 1150. The largest absolute Gasteiger partial charge is 0.466 e. The van der Waals surface area contributed by atoms with Gasteiger partial charge in [0.15, 0.2) is 5.65 Å². The first-order chi connectivity index (χ1) is 15.9. The highest BCUT2D eigenvalue weighted by Gasteiger charge is 2.31. The highest BCUT2D eigenvalue weighted by molar-refractivity contribution is 5.97. The molecule has 174 valence electrons. The van der Waals surface area contributed by atoms with Crippen molar-refractivity contribution in [1.82, 2.24) is 19.7 Å². The number of likely N-dealkylation sites (tertiary alicyclic amines) is 1. The average molecular weight is 453 g/mol. The van der Waals surface area contributed by atoms with Crippen molar-refractivity contribution < 1.29 is 18.7 Å². The van der Waals surface area contributed by atoms with Crippen molar-refractivity contribution in [2.45, 2.75) is 39.0 Å². The Morgan fingerprint density at radius 2 is 1.91 bits per heavy atom. The van der Waals surface area contributed by atoms with Crippen molar-refractivity contribution >= 4 is 22.9 Å². The van der Waals surface area contributed by atoms with E-state index in [1.54, 1.807) is 29.9 Å². The van der Waals surface area contributed by atoms with E-state index in [9.17, 15) is 14.0 Å². The number of hydrogen-bond acceptors (Lipinski definition) is 5. The first-order valence-corrected chi connectivity index (χ1v) is 11.4. The molecule has 1 amide bonds. The normalized spacial score (nSPS) is 15.6. The van der Waals surface area contributed by atoms with Crippen LogP contribution in [0.4, 0.5) is 4.39 Å². The second-order valence-corrected chi connectivity index (χ2v) is 8.60. The van der Waals surface area contributed by atoms with Gasteiger partial charge in [0, 0.05) is 31.7 Å². The number of ether oxygens (including phenoxy) is 1. The summed E-state index contributed by atoms with van der Waals surface area (Å²) in [5.74, 6) is -0.474. The molecule has 0 radical (unpaired) electrons. The van der Waals surface area contributed by atoms with Gasteiger partial charge in [0.25, 0.3) is 5.91 Å². The average Bonchev–Trinajstić information content (AvgIpc) is 3.11. The third kappa shape index (κ3) is 4.89. The third-order valence-corrected chi connectivity index (χ3v) is 6.50. The van der Waals surface area contributed by atoms with Gasteiger partial charge >= 0.3 is 5.97 Å². The number of piperidine rings is 1. The Balaban J connectivity index is 1.47. The van der Waals surface area contributed by atoms with Gasteiger partial charge in [0.1, 0.15) is 5.82 Å². The first-order valence-electron chi connectivity index (χ1n) is 11.4. The molecule has 1 aliphatic heterocycles. The number of aryl methyl sites for hydroxylation is 2. The molecule has 1 saturated heterocycles. The molecule has 1 atom stereocenters. The summed E-state index contributed by atoms with van der Waals surface area (Å²) >= 11 is 0. The Hall–Kier alpha value is -3.29. The molecule has 33 heavy (non-hydrogen) atoms. The van der Waals surface area contributed by atoms with Crippen LogP contribution in [-0.4, -0.2) is 51.2 Å². The molecular formula is C25H29FN4O3. The van der Waals surface area contributed by atoms with E-state index in [-0.39, 0.29) is 36.0 Å². The Kier molecular flexibility index (Phi) is 6.72. The van der Waals surface area contributed by atoms with Gasteiger partial charge in [-0.05, 0) is 62.3 Å². The lowest BCUT2D eigenvalue weighted by Gasteiger charge is -2.36. The van der Waals surface area contributed by atoms with Crippen molar-refractivity contribution in [2.75, 3.05) is 19.7 Å². The topological polar surface area (TPSA) is 77.3 Å². The molecule has 1 aromatic carbocycles. The van der Waals surface area contributed by atoms with Crippen LogP contribution in [0.1, 0.15) is 53.7 Å². The summed E-state index contributed by atoms with van der Waals surface area (Å²) < 4.78 is 20.3. The molecule has 0 spiro atoms. The summed E-state index contributed by atoms with van der Waals surface area (Å²) in [7, 11) is 1.84. The summed E-state index contributed by atoms with van der Waals surface area (Å²) in [6.07, 6.45) is 3.38. The molecule has 1 fully saturated rings. The van der Waals surface area contributed by atoms with Crippen molar-refractivity contribution in [3.63, 3.8) is 0 Å². The predicted octanol–water partition coefficient (Wildman–Crippen LogP) is 4.01. The number of halogens is 1. The molecule has 0 N–H and O–H groups in total. The van der Waals surface area contributed by atoms with Crippen LogP contribution in [0.3, 0.4) is 0 Å². The molecule has 1 aliphatic rings. The van der Waals surface area contributed by atoms with Crippen molar-refractivity contribution in [3.8, 4) is 0 Å². The van der Waals surface area contributed by atoms with Crippen LogP contribution in [-0.2, 0) is 16.6 Å². The number of hydrogen-bond donors (Lipinski definition) is 0. The van der Waals surface area contributed by atoms with Gasteiger partial charge in [-0.25, -0.2) is 9.37 Å². The number of pyridine rings is 1. The van der Waals surface area contributed by atoms with Gasteiger partial charge in [-0.3, -0.25) is 14.3 Å². The van der Waals surface area contributed by atoms with E-state index < -0.39 is 0 Å². The van der Waals surface area contributed by atoms with Gasteiger partial charge < -0.3 is 9.64 Å². The second kappa shape index (κ2) is 9.68. The number of rotatable bonds is 6. The maximum absolute atomic E-state index is 13.5. The van der Waals surface area contributed by atoms with Crippen LogP contribution in [0.5, 0.6) is 0 Å². The van der Waals surface area contributed by atoms with Crippen LogP contribution in [0.15, 0.2) is 36.5 Å². The number of fused-ring (bicyclic) bond motifs is 1. The zero-order chi connectivity index (χ0) is 23.5. The molecule has 0 saturated carbocycles. The van der Waals surface area contributed by atoms with E-state index in [1.807, 2.05) is 24.9 Å². The Morgan fingerprint density at radius 3 is 2.58 bits per heavy atom. The minimum absolute atomic E-state index is 0.0465. The smallest absolute Gasteiger partial charge is 0.306 e. The lowest BCUT2D eigenvalue weighted by Crippen LogP contribution is -2.40. The van der Waals surface area contributed by atoms with Gasteiger partial charge in [0.2, 0.25) is 0 Å². The number of esters is 1. The quantitative estimate of drug-likeness (QED) is 0.528. The van der Waals surface area contributed by atoms with Gasteiger partial charge in [-0.2, -0.15) is 5.10 Å². The SMILES string of the molecule is CCOC(=O)C[C@H](c1ccc(F)cc1)C1CCN(C(=O)c2cnc3c(c2)c(C)nn3C)CC1. The number of nitrogens with zero attached hydrogens (tertiary/aromatic N) is 4. The maximum Gasteiger partial charge on any atom is 0.306 e. The van der Waals surface area contributed by atoms with Crippen molar-refractivity contribution in [1.29, 1.82) is 0 Å². The summed E-state index contributed by atoms with van der Waals surface area (Å²) in [6, 6.07) is 8.20. The molecule has 8 heteroatoms. The standard InChI is InChI=1S/C25H29FN4O3/c1-4-33-23(31)14-22(17-5-7-20(26)8-6-17)18-9-11-30(12-10-18)25(32)19-13-21-16(2)28-29(3)24(21)27-15-19/h5-8,13,15,18,22H,4,9-12,14H2,1-3H3/t22-/m1/s1. The van der Waals surface area contributed by atoms with E-state index in [1.165, 1.54) is 12.1 Å². The summed E-state index contributed by atoms with van der Waals surface area (Å²) in [6.45, 7) is 5.20. The van der Waals surface area contributed by atoms with E-state index in [0.29, 0.717) is 25.3 Å². The van der Waals surface area contributed by atoms with Gasteiger partial charge in [0.05, 0.1) is 24.3 Å². The molecule has 3 aromatic rings. The minimum atomic E-state index is -0.302. The Morgan fingerprint density at radius 1 is 1.21 bits per heavy atom. The zero-order valence-electron chi connectivity index (χ0n) is 19.3. The molecule has 2 aromatic heterocycles. The molecule has 0 bridgehead atoms. The molecule has 3 heterocycles. The number of aromatic nitrogens is 3. The monoisotopic (exact) mass is 452 g/mol. The van der Waals surface area contributed by atoms with Crippen molar-refractivity contribution in [3.05, 3.63) is 59.2 Å². The molecule has 7 nitrogen and oxygen atoms in total. The fraction of sp³-hybridized carbons (Fsp3) is 0.440. The third-order valence-electron chi connectivity index (χ3n) is 6.50. The zero-order valence-corrected chi connectivity index (χ0v) is 19.3. The van der Waals surface area contributed by atoms with Crippen LogP contribution in [0, 0.1) is 18.7 Å². The highest BCUT2D eigenvalue weighted by Crippen LogP contribution is 2.36.